The maximum Gasteiger partial charge on any atom is 0.459 e. The average molecular weight is 156 g/mol. The fraction of sp³-hybridized carbons (Fsp3) is 1.00. The fourth-order valence-corrected chi connectivity index (χ4v) is 1.89. The molecular formula is C2H9O4PSi. The lowest BCUT2D eigenvalue weighted by Gasteiger charge is -2.00. The summed E-state index contributed by atoms with van der Waals surface area (Å²) in [5.41, 5.74) is 0. The molecule has 0 unspecified atom stereocenters. The van der Waals surface area contributed by atoms with E-state index in [0.29, 0.717) is 0 Å². The van der Waals surface area contributed by atoms with E-state index in [2.05, 4.69) is 4.21 Å². The first-order chi connectivity index (χ1) is 3.56. The number of hydrogen-bond donors (Lipinski definition) is 2. The Bertz CT molecular complexity index is 98.2. The molecule has 0 bridgehead atoms. The Morgan fingerprint density at radius 1 is 1.75 bits per heavy atom. The summed E-state index contributed by atoms with van der Waals surface area (Å²) in [5, 5.41) is 0. The third kappa shape index (κ3) is 6.33. The van der Waals surface area contributed by atoms with Crippen molar-refractivity contribution < 1.29 is 18.6 Å². The Morgan fingerprint density at radius 2 is 2.25 bits per heavy atom. The van der Waals surface area contributed by atoms with Crippen LogP contribution in [0.1, 0.15) is 6.92 Å². The van der Waals surface area contributed by atoms with E-state index in [1.807, 2.05) is 6.92 Å². The molecule has 6 heteroatoms. The van der Waals surface area contributed by atoms with Gasteiger partial charge in [0.2, 0.25) is 0 Å². The molecule has 0 aromatic heterocycles. The largest absolute Gasteiger partial charge is 0.459 e. The summed E-state index contributed by atoms with van der Waals surface area (Å²) >= 11 is 0. The maximum absolute atomic E-state index is 9.90. The summed E-state index contributed by atoms with van der Waals surface area (Å²) in [5.74, 6) is 0. The molecule has 0 aliphatic carbocycles. The quantitative estimate of drug-likeness (QED) is 0.431. The third-order valence-corrected chi connectivity index (χ3v) is 2.95. The van der Waals surface area contributed by atoms with Crippen molar-refractivity contribution in [2.75, 3.05) is 0 Å². The highest BCUT2D eigenvalue weighted by Crippen LogP contribution is 2.34. The zero-order valence-electron chi connectivity index (χ0n) is 4.57. The van der Waals surface area contributed by atoms with Gasteiger partial charge in [-0.15, -0.1) is 0 Å². The molecular weight excluding hydrogens is 147 g/mol. The molecule has 0 aromatic carbocycles. The van der Waals surface area contributed by atoms with Gasteiger partial charge in [0.05, 0.1) is 0 Å². The van der Waals surface area contributed by atoms with E-state index in [4.69, 9.17) is 9.79 Å². The number of hydrogen-bond acceptors (Lipinski definition) is 2. The number of phosphoric acid groups is 1. The summed E-state index contributed by atoms with van der Waals surface area (Å²) in [6, 6.07) is 0.755. The predicted molar refractivity (Wildman–Crippen MR) is 32.2 cm³/mol. The zero-order chi connectivity index (χ0) is 6.62. The molecule has 0 aliphatic heterocycles. The molecule has 0 aliphatic rings. The molecule has 0 aromatic rings. The van der Waals surface area contributed by atoms with Crippen LogP contribution in [-0.4, -0.2) is 19.5 Å². The van der Waals surface area contributed by atoms with Crippen molar-refractivity contribution >= 4 is 17.6 Å². The second-order valence-corrected chi connectivity index (χ2v) is 4.75. The molecule has 0 spiro atoms. The van der Waals surface area contributed by atoms with E-state index in [9.17, 15) is 4.57 Å². The minimum absolute atomic E-state index is 0.755. The van der Waals surface area contributed by atoms with Crippen LogP contribution in [0.15, 0.2) is 0 Å². The smallest absolute Gasteiger partial charge is 0.338 e. The minimum atomic E-state index is -4.12. The Balaban J connectivity index is 3.26. The molecule has 4 nitrogen and oxygen atoms in total. The average Bonchev–Trinajstić information content (AvgIpc) is 1.59. The molecule has 50 valence electrons. The summed E-state index contributed by atoms with van der Waals surface area (Å²) in [4.78, 5) is 16.1. The molecule has 8 heavy (non-hydrogen) atoms. The molecule has 0 radical (unpaired) electrons. The summed E-state index contributed by atoms with van der Waals surface area (Å²) in [6.45, 7) is 1.84. The van der Waals surface area contributed by atoms with Crippen molar-refractivity contribution in [1.29, 1.82) is 0 Å². The second-order valence-electron chi connectivity index (χ2n) is 1.32. The first-order valence-electron chi connectivity index (χ1n) is 2.26. The Hall–Kier alpha value is 0.327. The van der Waals surface area contributed by atoms with E-state index in [1.165, 1.54) is 0 Å². The van der Waals surface area contributed by atoms with Gasteiger partial charge in [0.25, 0.3) is 0 Å². The van der Waals surface area contributed by atoms with Crippen LogP contribution < -0.4 is 0 Å². The maximum atomic E-state index is 9.90. The highest BCUT2D eigenvalue weighted by Gasteiger charge is 2.10. The first kappa shape index (κ1) is 8.33. The van der Waals surface area contributed by atoms with Gasteiger partial charge in [-0.3, -0.25) is 0 Å². The van der Waals surface area contributed by atoms with Gasteiger partial charge >= 0.3 is 7.82 Å². The molecule has 0 saturated heterocycles. The van der Waals surface area contributed by atoms with Gasteiger partial charge in [0.15, 0.2) is 9.76 Å². The van der Waals surface area contributed by atoms with Gasteiger partial charge < -0.3 is 14.0 Å². The van der Waals surface area contributed by atoms with Crippen molar-refractivity contribution in [2.45, 2.75) is 13.0 Å². The molecule has 0 heterocycles. The van der Waals surface area contributed by atoms with Crippen molar-refractivity contribution in [3.8, 4) is 0 Å². The molecule has 0 amide bonds. The van der Waals surface area contributed by atoms with Gasteiger partial charge in [-0.2, -0.15) is 0 Å². The van der Waals surface area contributed by atoms with Gasteiger partial charge in [0, 0.05) is 0 Å². The van der Waals surface area contributed by atoms with Gasteiger partial charge in [-0.05, 0) is 6.04 Å². The monoisotopic (exact) mass is 156 g/mol. The number of rotatable bonds is 3. The van der Waals surface area contributed by atoms with Crippen LogP contribution in [-0.2, 0) is 8.78 Å². The lowest BCUT2D eigenvalue weighted by molar-refractivity contribution is 0.288. The summed E-state index contributed by atoms with van der Waals surface area (Å²) in [7, 11) is -5.07. The fourth-order valence-electron chi connectivity index (χ4n) is 0.210. The van der Waals surface area contributed by atoms with Gasteiger partial charge in [0.1, 0.15) is 0 Å². The highest BCUT2D eigenvalue weighted by molar-refractivity contribution is 7.47. The van der Waals surface area contributed by atoms with Crippen molar-refractivity contribution in [3.63, 3.8) is 0 Å². The van der Waals surface area contributed by atoms with Crippen LogP contribution in [0.4, 0.5) is 0 Å². The molecule has 0 atom stereocenters. The normalized spacial score (nSPS) is 13.4. The highest BCUT2D eigenvalue weighted by atomic mass is 31.2. The van der Waals surface area contributed by atoms with E-state index < -0.39 is 17.6 Å². The van der Waals surface area contributed by atoms with Crippen LogP contribution in [0.5, 0.6) is 0 Å². The van der Waals surface area contributed by atoms with Crippen molar-refractivity contribution in [3.05, 3.63) is 0 Å². The van der Waals surface area contributed by atoms with Crippen LogP contribution in [0.25, 0.3) is 0 Å². The van der Waals surface area contributed by atoms with Crippen LogP contribution in [0.2, 0.25) is 6.04 Å². The zero-order valence-corrected chi connectivity index (χ0v) is 6.88. The van der Waals surface area contributed by atoms with Gasteiger partial charge in [-0.25, -0.2) is 4.57 Å². The van der Waals surface area contributed by atoms with Crippen LogP contribution in [0, 0.1) is 0 Å². The summed E-state index contributed by atoms with van der Waals surface area (Å²) < 4.78 is 14.1. The third-order valence-electron chi connectivity index (χ3n) is 0.464. The second kappa shape index (κ2) is 3.37. The van der Waals surface area contributed by atoms with E-state index in [-0.39, 0.29) is 0 Å². The summed E-state index contributed by atoms with van der Waals surface area (Å²) in [6.07, 6.45) is 0. The predicted octanol–water partition coefficient (Wildman–Crippen LogP) is -0.382. The van der Waals surface area contributed by atoms with E-state index in [0.717, 1.165) is 6.04 Å². The Labute approximate surface area is 50.1 Å². The lowest BCUT2D eigenvalue weighted by atomic mass is 11.0. The molecule has 2 N–H and O–H groups in total. The minimum Gasteiger partial charge on any atom is -0.338 e. The standard InChI is InChI=1S/C2H9O4PSi/c1-2-8-6-7(3,4)5/h2,8H2,1H3,(H2,3,4,5). The topological polar surface area (TPSA) is 66.8 Å². The van der Waals surface area contributed by atoms with Crippen molar-refractivity contribution in [1.82, 2.24) is 0 Å². The van der Waals surface area contributed by atoms with Crippen molar-refractivity contribution in [2.24, 2.45) is 0 Å². The van der Waals surface area contributed by atoms with E-state index in [1.54, 1.807) is 0 Å². The molecule has 0 fully saturated rings. The first-order valence-corrected chi connectivity index (χ1v) is 5.37. The molecule has 0 saturated carbocycles. The van der Waals surface area contributed by atoms with E-state index >= 15 is 0 Å². The SMILES string of the molecule is CC[SiH2]OP(=O)(O)O. The van der Waals surface area contributed by atoms with Crippen LogP contribution in [0.3, 0.4) is 0 Å². The Morgan fingerprint density at radius 3 is 2.38 bits per heavy atom. The Kier molecular flexibility index (Phi) is 3.51. The van der Waals surface area contributed by atoms with Crippen LogP contribution >= 0.6 is 7.82 Å². The molecule has 0 rings (SSSR count). The van der Waals surface area contributed by atoms with Gasteiger partial charge in [-0.1, -0.05) is 6.92 Å². The lowest BCUT2D eigenvalue weighted by Crippen LogP contribution is -1.92.